The maximum Gasteiger partial charge on any atom is 0.340 e. The molecular weight excluding hydrogens is 404 g/mol. The maximum atomic E-state index is 13.5. The van der Waals surface area contributed by atoms with Crippen molar-refractivity contribution in [3.8, 4) is 0 Å². The monoisotopic (exact) mass is 421 g/mol. The first kappa shape index (κ1) is 20.2. The van der Waals surface area contributed by atoms with Crippen molar-refractivity contribution in [1.82, 2.24) is 9.55 Å². The van der Waals surface area contributed by atoms with Crippen LogP contribution in [0.15, 0.2) is 78.9 Å². The third-order valence-electron chi connectivity index (χ3n) is 4.63. The summed E-state index contributed by atoms with van der Waals surface area (Å²) < 4.78 is 33.1. The van der Waals surface area contributed by atoms with Gasteiger partial charge in [0.25, 0.3) is 5.91 Å². The van der Waals surface area contributed by atoms with Crippen LogP contribution in [0.25, 0.3) is 11.0 Å². The summed E-state index contributed by atoms with van der Waals surface area (Å²) in [4.78, 5) is 29.2. The second-order valence-corrected chi connectivity index (χ2v) is 6.61. The summed E-state index contributed by atoms with van der Waals surface area (Å²) in [7, 11) is 0. The van der Waals surface area contributed by atoms with E-state index in [0.717, 1.165) is 4.57 Å². The van der Waals surface area contributed by atoms with Gasteiger partial charge < -0.3 is 10.1 Å². The highest BCUT2D eigenvalue weighted by molar-refractivity contribution is 6.07. The number of benzene rings is 3. The van der Waals surface area contributed by atoms with Crippen LogP contribution in [0.2, 0.25) is 0 Å². The number of para-hydroxylation sites is 3. The number of amides is 1. The Morgan fingerprint density at radius 2 is 1.61 bits per heavy atom. The maximum absolute atomic E-state index is 13.5. The van der Waals surface area contributed by atoms with Crippen LogP contribution in [0.1, 0.15) is 33.1 Å². The van der Waals surface area contributed by atoms with E-state index in [1.165, 1.54) is 12.1 Å². The highest BCUT2D eigenvalue weighted by Crippen LogP contribution is 2.24. The minimum absolute atomic E-state index is 0.0737. The molecule has 0 radical (unpaired) electrons. The van der Waals surface area contributed by atoms with Gasteiger partial charge in [-0.25, -0.2) is 9.78 Å². The van der Waals surface area contributed by atoms with Crippen molar-refractivity contribution >= 4 is 28.6 Å². The Labute approximate surface area is 176 Å². The van der Waals surface area contributed by atoms with Gasteiger partial charge in [0.2, 0.25) is 0 Å². The molecule has 1 amide bonds. The first-order valence-corrected chi connectivity index (χ1v) is 9.41. The molecular formula is C23H17F2N3O3. The van der Waals surface area contributed by atoms with Crippen molar-refractivity contribution in [2.75, 3.05) is 5.32 Å². The number of imidazole rings is 1. The summed E-state index contributed by atoms with van der Waals surface area (Å²) in [5.74, 6) is -1.23. The van der Waals surface area contributed by atoms with Crippen molar-refractivity contribution < 1.29 is 23.1 Å². The number of carbonyl (C=O) groups excluding carboxylic acids is 2. The summed E-state index contributed by atoms with van der Waals surface area (Å²) >= 11 is 0. The van der Waals surface area contributed by atoms with Crippen molar-refractivity contribution in [3.63, 3.8) is 0 Å². The van der Waals surface area contributed by atoms with Gasteiger partial charge in [0.1, 0.15) is 6.61 Å². The van der Waals surface area contributed by atoms with Crippen LogP contribution in [0.5, 0.6) is 0 Å². The number of hydrogen-bond donors (Lipinski definition) is 1. The van der Waals surface area contributed by atoms with E-state index in [4.69, 9.17) is 4.74 Å². The molecule has 4 aromatic rings. The predicted molar refractivity (Wildman–Crippen MR) is 111 cm³/mol. The lowest BCUT2D eigenvalue weighted by Gasteiger charge is -2.12. The number of aromatic nitrogens is 2. The molecule has 0 saturated carbocycles. The molecule has 1 aromatic heterocycles. The van der Waals surface area contributed by atoms with Gasteiger partial charge in [0, 0.05) is 5.56 Å². The molecule has 1 N–H and O–H groups in total. The number of carbonyl (C=O) groups is 2. The minimum atomic E-state index is -2.83. The third-order valence-corrected chi connectivity index (χ3v) is 4.63. The van der Waals surface area contributed by atoms with Crippen molar-refractivity contribution in [2.45, 2.75) is 13.2 Å². The number of alkyl halides is 2. The second-order valence-electron chi connectivity index (χ2n) is 6.61. The lowest BCUT2D eigenvalue weighted by Crippen LogP contribution is -2.16. The number of anilines is 1. The van der Waals surface area contributed by atoms with Crippen LogP contribution >= 0.6 is 0 Å². The normalized spacial score (nSPS) is 10.9. The van der Waals surface area contributed by atoms with Crippen molar-refractivity contribution in [3.05, 3.63) is 95.8 Å². The average Bonchev–Trinajstić information content (AvgIpc) is 3.17. The van der Waals surface area contributed by atoms with Gasteiger partial charge in [-0.3, -0.25) is 9.36 Å². The second kappa shape index (κ2) is 8.74. The number of hydrogen-bond acceptors (Lipinski definition) is 4. The van der Waals surface area contributed by atoms with Gasteiger partial charge in [-0.15, -0.1) is 0 Å². The van der Waals surface area contributed by atoms with E-state index in [-0.39, 0.29) is 28.5 Å². The van der Waals surface area contributed by atoms with Gasteiger partial charge in [-0.05, 0) is 36.4 Å². The molecule has 31 heavy (non-hydrogen) atoms. The van der Waals surface area contributed by atoms with Crippen molar-refractivity contribution in [1.29, 1.82) is 0 Å². The zero-order valence-corrected chi connectivity index (χ0v) is 16.2. The molecule has 0 aliphatic carbocycles. The Balaban J connectivity index is 1.53. The molecule has 0 atom stereocenters. The molecule has 6 nitrogen and oxygen atoms in total. The Bertz CT molecular complexity index is 1240. The standard InChI is InChI=1S/C23H17F2N3O3/c24-23(25)28-19-13-7-6-12-18(19)26-20(28)14-31-22(30)16-10-4-5-11-17(16)27-21(29)15-8-2-1-3-9-15/h1-13,23H,14H2,(H,27,29). The molecule has 0 bridgehead atoms. The number of fused-ring (bicyclic) bond motifs is 1. The number of halogens is 2. The molecule has 0 unspecified atom stereocenters. The molecule has 156 valence electrons. The van der Waals surface area contributed by atoms with Gasteiger partial charge >= 0.3 is 12.5 Å². The topological polar surface area (TPSA) is 73.2 Å². The first-order chi connectivity index (χ1) is 15.0. The Morgan fingerprint density at radius 1 is 0.935 bits per heavy atom. The number of nitrogens with one attached hydrogen (secondary N) is 1. The van der Waals surface area contributed by atoms with E-state index in [1.807, 2.05) is 0 Å². The van der Waals surface area contributed by atoms with Crippen LogP contribution in [0.3, 0.4) is 0 Å². The first-order valence-electron chi connectivity index (χ1n) is 9.41. The molecule has 4 rings (SSSR count). The number of nitrogens with zero attached hydrogens (tertiary/aromatic N) is 2. The number of esters is 1. The van der Waals surface area contributed by atoms with E-state index < -0.39 is 19.1 Å². The molecule has 8 heteroatoms. The number of rotatable bonds is 6. The Morgan fingerprint density at radius 3 is 2.39 bits per heavy atom. The molecule has 1 heterocycles. The zero-order valence-electron chi connectivity index (χ0n) is 16.2. The minimum Gasteiger partial charge on any atom is -0.454 e. The SMILES string of the molecule is O=C(Nc1ccccc1C(=O)OCc1nc2ccccc2n1C(F)F)c1ccccc1. The predicted octanol–water partition coefficient (Wildman–Crippen LogP) is 5.04. The fourth-order valence-electron chi connectivity index (χ4n) is 3.18. The Hall–Kier alpha value is -4.07. The molecule has 0 fully saturated rings. The van der Waals surface area contributed by atoms with Crippen LogP contribution < -0.4 is 5.32 Å². The van der Waals surface area contributed by atoms with Crippen molar-refractivity contribution in [2.24, 2.45) is 0 Å². The highest BCUT2D eigenvalue weighted by atomic mass is 19.3. The van der Waals surface area contributed by atoms with Gasteiger partial charge in [-0.1, -0.05) is 42.5 Å². The Kier molecular flexibility index (Phi) is 5.70. The van der Waals surface area contributed by atoms with E-state index in [2.05, 4.69) is 10.3 Å². The third kappa shape index (κ3) is 4.28. The van der Waals surface area contributed by atoms with Crippen LogP contribution in [0.4, 0.5) is 14.5 Å². The zero-order chi connectivity index (χ0) is 21.8. The van der Waals surface area contributed by atoms with E-state index >= 15 is 0 Å². The van der Waals surface area contributed by atoms with Crippen LogP contribution in [-0.2, 0) is 11.3 Å². The molecule has 0 spiro atoms. The van der Waals surface area contributed by atoms with Gasteiger partial charge in [0.05, 0.1) is 22.3 Å². The quantitative estimate of drug-likeness (QED) is 0.443. The number of ether oxygens (including phenoxy) is 1. The van der Waals surface area contributed by atoms with E-state index in [0.29, 0.717) is 11.1 Å². The summed E-state index contributed by atoms with van der Waals surface area (Å²) in [5, 5.41) is 2.68. The fraction of sp³-hybridized carbons (Fsp3) is 0.0870. The highest BCUT2D eigenvalue weighted by Gasteiger charge is 2.20. The summed E-state index contributed by atoms with van der Waals surface area (Å²) in [6.45, 7) is -3.28. The van der Waals surface area contributed by atoms with E-state index in [1.54, 1.807) is 66.7 Å². The van der Waals surface area contributed by atoms with Crippen LogP contribution in [0, 0.1) is 0 Å². The lowest BCUT2D eigenvalue weighted by atomic mass is 10.1. The average molecular weight is 421 g/mol. The fourth-order valence-corrected chi connectivity index (χ4v) is 3.18. The summed E-state index contributed by atoms with van der Waals surface area (Å²) in [6, 6.07) is 21.3. The summed E-state index contributed by atoms with van der Waals surface area (Å²) in [6.07, 6.45) is 0. The van der Waals surface area contributed by atoms with E-state index in [9.17, 15) is 18.4 Å². The smallest absolute Gasteiger partial charge is 0.340 e. The molecule has 0 aliphatic heterocycles. The van der Waals surface area contributed by atoms with Gasteiger partial charge in [-0.2, -0.15) is 8.78 Å². The lowest BCUT2D eigenvalue weighted by molar-refractivity contribution is 0.0388. The van der Waals surface area contributed by atoms with Gasteiger partial charge in [0.15, 0.2) is 5.82 Å². The largest absolute Gasteiger partial charge is 0.454 e. The van der Waals surface area contributed by atoms with Crippen LogP contribution in [-0.4, -0.2) is 21.4 Å². The summed E-state index contributed by atoms with van der Waals surface area (Å²) in [5.41, 5.74) is 1.41. The molecule has 0 aliphatic rings. The molecule has 3 aromatic carbocycles. The molecule has 0 saturated heterocycles.